The zero-order valence-electron chi connectivity index (χ0n) is 10.4. The van der Waals surface area contributed by atoms with Crippen molar-refractivity contribution < 1.29 is 9.53 Å². The maximum absolute atomic E-state index is 12.2. The van der Waals surface area contributed by atoms with Crippen LogP contribution in [0.4, 0.5) is 0 Å². The van der Waals surface area contributed by atoms with E-state index in [2.05, 4.69) is 9.97 Å². The van der Waals surface area contributed by atoms with Gasteiger partial charge in [-0.05, 0) is 12.1 Å². The smallest absolute Gasteiger partial charge is 0.255 e. The molecule has 0 saturated carbocycles. The highest BCUT2D eigenvalue weighted by molar-refractivity contribution is 5.94. The van der Waals surface area contributed by atoms with Gasteiger partial charge in [0.05, 0.1) is 18.8 Å². The number of imidazole rings is 1. The van der Waals surface area contributed by atoms with Crippen molar-refractivity contribution in [2.24, 2.45) is 0 Å². The van der Waals surface area contributed by atoms with Crippen LogP contribution < -0.4 is 0 Å². The number of rotatable bonds is 2. The van der Waals surface area contributed by atoms with Gasteiger partial charge in [0.15, 0.2) is 0 Å². The van der Waals surface area contributed by atoms with E-state index < -0.39 is 0 Å². The largest absolute Gasteiger partial charge is 0.378 e. The minimum Gasteiger partial charge on any atom is -0.378 e. The molecule has 0 radical (unpaired) electrons. The van der Waals surface area contributed by atoms with E-state index in [1.165, 1.54) is 0 Å². The van der Waals surface area contributed by atoms with E-state index in [9.17, 15) is 4.79 Å². The summed E-state index contributed by atoms with van der Waals surface area (Å²) in [5.74, 6) is 0.754. The third-order valence-electron chi connectivity index (χ3n) is 3.06. The second kappa shape index (κ2) is 5.19. The second-order valence-corrected chi connectivity index (χ2v) is 4.28. The second-order valence-electron chi connectivity index (χ2n) is 4.28. The summed E-state index contributed by atoms with van der Waals surface area (Å²) in [5.41, 5.74) is 0.603. The maximum Gasteiger partial charge on any atom is 0.255 e. The minimum atomic E-state index is 0.00739. The Hall–Kier alpha value is -2.21. The van der Waals surface area contributed by atoms with Crippen molar-refractivity contribution in [3.8, 4) is 5.82 Å². The van der Waals surface area contributed by atoms with Crippen LogP contribution in [-0.2, 0) is 4.74 Å². The summed E-state index contributed by atoms with van der Waals surface area (Å²) in [4.78, 5) is 22.2. The molecule has 6 nitrogen and oxygen atoms in total. The first-order valence-electron chi connectivity index (χ1n) is 6.16. The maximum atomic E-state index is 12.2. The molecule has 0 aromatic carbocycles. The molecule has 0 atom stereocenters. The van der Waals surface area contributed by atoms with Crippen molar-refractivity contribution in [2.75, 3.05) is 26.3 Å². The Kier molecular flexibility index (Phi) is 3.24. The van der Waals surface area contributed by atoms with Crippen molar-refractivity contribution in [1.82, 2.24) is 19.4 Å². The summed E-state index contributed by atoms with van der Waals surface area (Å²) in [5, 5.41) is 0. The predicted octanol–water partition coefficient (Wildman–Crippen LogP) is 0.740. The molecular weight excluding hydrogens is 244 g/mol. The van der Waals surface area contributed by atoms with E-state index in [1.807, 2.05) is 12.3 Å². The van der Waals surface area contributed by atoms with Crippen LogP contribution in [0.15, 0.2) is 37.1 Å². The molecule has 6 heteroatoms. The van der Waals surface area contributed by atoms with Crippen LogP contribution in [0.1, 0.15) is 10.4 Å². The summed E-state index contributed by atoms with van der Waals surface area (Å²) in [6.07, 6.45) is 6.78. The van der Waals surface area contributed by atoms with Crippen LogP contribution in [0.2, 0.25) is 0 Å². The topological polar surface area (TPSA) is 60.2 Å². The summed E-state index contributed by atoms with van der Waals surface area (Å²) in [7, 11) is 0. The zero-order valence-corrected chi connectivity index (χ0v) is 10.4. The molecule has 1 fully saturated rings. The summed E-state index contributed by atoms with van der Waals surface area (Å²) in [6.45, 7) is 2.49. The van der Waals surface area contributed by atoms with Gasteiger partial charge >= 0.3 is 0 Å². The number of ether oxygens (including phenoxy) is 1. The van der Waals surface area contributed by atoms with Gasteiger partial charge in [0.2, 0.25) is 0 Å². The van der Waals surface area contributed by atoms with E-state index in [-0.39, 0.29) is 5.91 Å². The van der Waals surface area contributed by atoms with E-state index in [1.54, 1.807) is 34.3 Å². The number of amides is 1. The molecular formula is C13H14N4O2. The van der Waals surface area contributed by atoms with Crippen molar-refractivity contribution >= 4 is 5.91 Å². The number of hydrogen-bond donors (Lipinski definition) is 0. The molecule has 3 rings (SSSR count). The molecule has 0 spiro atoms. The fourth-order valence-corrected chi connectivity index (χ4v) is 2.01. The number of hydrogen-bond acceptors (Lipinski definition) is 4. The van der Waals surface area contributed by atoms with Gasteiger partial charge in [0.1, 0.15) is 12.1 Å². The van der Waals surface area contributed by atoms with Crippen LogP contribution in [-0.4, -0.2) is 51.6 Å². The van der Waals surface area contributed by atoms with Gasteiger partial charge in [-0.3, -0.25) is 9.36 Å². The highest BCUT2D eigenvalue weighted by Gasteiger charge is 2.18. The van der Waals surface area contributed by atoms with Gasteiger partial charge in [0, 0.05) is 31.7 Å². The Morgan fingerprint density at radius 1 is 1.26 bits per heavy atom. The van der Waals surface area contributed by atoms with Crippen LogP contribution in [0.25, 0.3) is 5.82 Å². The Balaban J connectivity index is 1.76. The predicted molar refractivity (Wildman–Crippen MR) is 68.1 cm³/mol. The molecule has 0 unspecified atom stereocenters. The van der Waals surface area contributed by atoms with Gasteiger partial charge in [-0.2, -0.15) is 0 Å². The number of nitrogens with zero attached hydrogens (tertiary/aromatic N) is 4. The Labute approximate surface area is 110 Å². The van der Waals surface area contributed by atoms with Crippen molar-refractivity contribution in [2.45, 2.75) is 0 Å². The first kappa shape index (κ1) is 11.9. The average Bonchev–Trinajstić information content (AvgIpc) is 3.02. The molecule has 98 valence electrons. The van der Waals surface area contributed by atoms with Crippen LogP contribution in [0.3, 0.4) is 0 Å². The lowest BCUT2D eigenvalue weighted by atomic mass is 10.2. The third kappa shape index (κ3) is 2.48. The Morgan fingerprint density at radius 3 is 2.74 bits per heavy atom. The molecule has 1 aliphatic rings. The molecule has 1 saturated heterocycles. The first-order valence-corrected chi connectivity index (χ1v) is 6.16. The Morgan fingerprint density at radius 2 is 2.11 bits per heavy atom. The monoisotopic (exact) mass is 258 g/mol. The fourth-order valence-electron chi connectivity index (χ4n) is 2.01. The fraction of sp³-hybridized carbons (Fsp3) is 0.308. The van der Waals surface area contributed by atoms with Crippen molar-refractivity contribution in [1.29, 1.82) is 0 Å². The normalized spacial score (nSPS) is 15.5. The lowest BCUT2D eigenvalue weighted by Gasteiger charge is -2.26. The number of carbonyl (C=O) groups is 1. The molecule has 0 bridgehead atoms. The highest BCUT2D eigenvalue weighted by Crippen LogP contribution is 2.09. The van der Waals surface area contributed by atoms with Gasteiger partial charge in [-0.15, -0.1) is 0 Å². The highest BCUT2D eigenvalue weighted by atomic mass is 16.5. The van der Waals surface area contributed by atoms with E-state index in [0.29, 0.717) is 31.9 Å². The minimum absolute atomic E-state index is 0.00739. The molecule has 1 aliphatic heterocycles. The van der Waals surface area contributed by atoms with E-state index in [4.69, 9.17) is 4.74 Å². The summed E-state index contributed by atoms with van der Waals surface area (Å²) >= 11 is 0. The van der Waals surface area contributed by atoms with Crippen molar-refractivity contribution in [3.05, 3.63) is 42.6 Å². The molecule has 0 N–H and O–H groups in total. The SMILES string of the molecule is O=C(c1ccc(-n2ccnc2)nc1)N1CCOCC1. The molecule has 1 amide bonds. The summed E-state index contributed by atoms with van der Waals surface area (Å²) < 4.78 is 7.03. The summed E-state index contributed by atoms with van der Waals surface area (Å²) in [6, 6.07) is 3.61. The van der Waals surface area contributed by atoms with Gasteiger partial charge in [-0.1, -0.05) is 0 Å². The molecule has 2 aromatic rings. The number of aromatic nitrogens is 3. The third-order valence-corrected chi connectivity index (χ3v) is 3.06. The lowest BCUT2D eigenvalue weighted by molar-refractivity contribution is 0.0302. The lowest BCUT2D eigenvalue weighted by Crippen LogP contribution is -2.40. The van der Waals surface area contributed by atoms with Crippen LogP contribution >= 0.6 is 0 Å². The van der Waals surface area contributed by atoms with Gasteiger partial charge in [-0.25, -0.2) is 9.97 Å². The van der Waals surface area contributed by atoms with Gasteiger partial charge in [0.25, 0.3) is 5.91 Å². The molecule has 19 heavy (non-hydrogen) atoms. The standard InChI is InChI=1S/C13H14N4O2/c18-13(16-5-7-19-8-6-16)11-1-2-12(15-9-11)17-4-3-14-10-17/h1-4,9-10H,5-8H2. The number of carbonyl (C=O) groups excluding carboxylic acids is 1. The van der Waals surface area contributed by atoms with Crippen LogP contribution in [0.5, 0.6) is 0 Å². The number of pyridine rings is 1. The van der Waals surface area contributed by atoms with E-state index in [0.717, 1.165) is 5.82 Å². The van der Waals surface area contributed by atoms with Crippen LogP contribution in [0, 0.1) is 0 Å². The van der Waals surface area contributed by atoms with Crippen molar-refractivity contribution in [3.63, 3.8) is 0 Å². The average molecular weight is 258 g/mol. The van der Waals surface area contributed by atoms with E-state index >= 15 is 0 Å². The molecule has 3 heterocycles. The number of morpholine rings is 1. The van der Waals surface area contributed by atoms with Gasteiger partial charge < -0.3 is 9.64 Å². The molecule has 2 aromatic heterocycles. The quantitative estimate of drug-likeness (QED) is 0.797. The molecule has 0 aliphatic carbocycles. The Bertz CT molecular complexity index is 545. The zero-order chi connectivity index (χ0) is 13.1. The first-order chi connectivity index (χ1) is 9.34.